The maximum absolute atomic E-state index is 12.2. The van der Waals surface area contributed by atoms with Crippen LogP contribution in [0.25, 0.3) is 0 Å². The van der Waals surface area contributed by atoms with Gasteiger partial charge in [0, 0.05) is 5.88 Å². The zero-order valence-corrected chi connectivity index (χ0v) is 12.2. The topological polar surface area (TPSA) is 37.3 Å². The molecule has 0 unspecified atom stereocenters. The van der Waals surface area contributed by atoms with Gasteiger partial charge in [-0.15, -0.1) is 11.6 Å². The summed E-state index contributed by atoms with van der Waals surface area (Å²) in [4.78, 5) is 9.93. The highest BCUT2D eigenvalue weighted by molar-refractivity contribution is 6.17. The van der Waals surface area contributed by atoms with Crippen LogP contribution in [0.15, 0.2) is 36.7 Å². The summed E-state index contributed by atoms with van der Waals surface area (Å²) in [6, 6.07) is 0. The lowest BCUT2D eigenvalue weighted by atomic mass is 10.3. The van der Waals surface area contributed by atoms with Crippen LogP contribution in [-0.2, 0) is 4.79 Å². The first-order chi connectivity index (χ1) is 8.49. The highest BCUT2D eigenvalue weighted by Crippen LogP contribution is 1.96. The SMILES string of the molecule is C=C/C(F)=C\C=C\CC(=O)O.CCC.CCCCl. The average molecular weight is 279 g/mol. The molecule has 0 fully saturated rings. The van der Waals surface area contributed by atoms with E-state index in [4.69, 9.17) is 16.7 Å². The van der Waals surface area contributed by atoms with Crippen LogP contribution >= 0.6 is 11.6 Å². The number of rotatable bonds is 5. The van der Waals surface area contributed by atoms with Crippen LogP contribution in [0.5, 0.6) is 0 Å². The van der Waals surface area contributed by atoms with Crippen molar-refractivity contribution in [3.05, 3.63) is 36.7 Å². The number of halogens is 2. The van der Waals surface area contributed by atoms with Gasteiger partial charge in [0.05, 0.1) is 6.42 Å². The van der Waals surface area contributed by atoms with Gasteiger partial charge in [-0.05, 0) is 18.6 Å². The number of carboxylic acids is 1. The molecule has 0 atom stereocenters. The summed E-state index contributed by atoms with van der Waals surface area (Å²) in [5, 5.41) is 8.15. The number of carboxylic acid groups (broad SMARTS) is 1. The van der Waals surface area contributed by atoms with Crippen LogP contribution in [0.4, 0.5) is 4.39 Å². The molecule has 0 rings (SSSR count). The predicted octanol–water partition coefficient (Wildman–Crippen LogP) is 5.11. The average Bonchev–Trinajstić information content (AvgIpc) is 2.35. The standard InChI is InChI=1S/C8H9FO2.C3H7Cl.C3H8/c1-2-7(9)5-3-4-6-8(10)11;1-2-3-4;1-3-2/h2-5H,1,6H2,(H,10,11);2-3H2,1H3;3H2,1-2H3/b4-3+,7-5+;;. The normalized spacial score (nSPS) is 9.94. The fourth-order valence-corrected chi connectivity index (χ4v) is 0.397. The van der Waals surface area contributed by atoms with E-state index in [0.717, 1.165) is 24.5 Å². The molecule has 0 amide bonds. The molecule has 4 heteroatoms. The maximum atomic E-state index is 12.2. The smallest absolute Gasteiger partial charge is 0.307 e. The van der Waals surface area contributed by atoms with Crippen molar-refractivity contribution < 1.29 is 14.3 Å². The summed E-state index contributed by atoms with van der Waals surface area (Å²) in [5.74, 6) is -0.625. The minimum Gasteiger partial charge on any atom is -0.481 e. The van der Waals surface area contributed by atoms with Gasteiger partial charge in [0.15, 0.2) is 0 Å². The van der Waals surface area contributed by atoms with Crippen molar-refractivity contribution in [2.45, 2.75) is 40.0 Å². The Balaban J connectivity index is -0.000000266. The van der Waals surface area contributed by atoms with Gasteiger partial charge < -0.3 is 5.11 Å². The number of aliphatic carboxylic acids is 1. The van der Waals surface area contributed by atoms with Gasteiger partial charge >= 0.3 is 5.97 Å². The highest BCUT2D eigenvalue weighted by Gasteiger charge is 1.87. The van der Waals surface area contributed by atoms with E-state index in [2.05, 4.69) is 20.4 Å². The van der Waals surface area contributed by atoms with Gasteiger partial charge in [0.25, 0.3) is 0 Å². The molecular formula is C14H24ClFO2. The van der Waals surface area contributed by atoms with E-state index in [0.29, 0.717) is 0 Å². The lowest BCUT2D eigenvalue weighted by Crippen LogP contribution is -1.89. The second kappa shape index (κ2) is 21.2. The lowest BCUT2D eigenvalue weighted by Gasteiger charge is -1.81. The first-order valence-corrected chi connectivity index (χ1v) is 6.45. The molecule has 0 aliphatic carbocycles. The molecule has 0 saturated carbocycles. The number of alkyl halides is 1. The Hall–Kier alpha value is -1.09. The third-order valence-electron chi connectivity index (χ3n) is 1.07. The Kier molecular flexibility index (Phi) is 26.1. The third kappa shape index (κ3) is 36.3. The number of carbonyl (C=O) groups is 1. The Morgan fingerprint density at radius 3 is 2.11 bits per heavy atom. The summed E-state index contributed by atoms with van der Waals surface area (Å²) >= 11 is 5.19. The molecule has 0 aliphatic rings. The quantitative estimate of drug-likeness (QED) is 0.560. The van der Waals surface area contributed by atoms with Crippen LogP contribution in [-0.4, -0.2) is 17.0 Å². The maximum Gasteiger partial charge on any atom is 0.307 e. The summed E-state index contributed by atoms with van der Waals surface area (Å²) in [6.07, 6.45) is 7.13. The van der Waals surface area contributed by atoms with Crippen LogP contribution in [0.3, 0.4) is 0 Å². The fourth-order valence-electron chi connectivity index (χ4n) is 0.397. The van der Waals surface area contributed by atoms with Crippen molar-refractivity contribution in [2.24, 2.45) is 0 Å². The fraction of sp³-hybridized carbons (Fsp3) is 0.500. The number of allylic oxidation sites excluding steroid dienone is 4. The zero-order valence-electron chi connectivity index (χ0n) is 11.5. The minimum absolute atomic E-state index is 0.0963. The van der Waals surface area contributed by atoms with E-state index in [1.54, 1.807) is 0 Å². The van der Waals surface area contributed by atoms with Gasteiger partial charge in [0.1, 0.15) is 5.83 Å². The van der Waals surface area contributed by atoms with E-state index in [-0.39, 0.29) is 6.42 Å². The highest BCUT2D eigenvalue weighted by atomic mass is 35.5. The monoisotopic (exact) mass is 278 g/mol. The van der Waals surface area contributed by atoms with Crippen LogP contribution in [0.1, 0.15) is 40.0 Å². The van der Waals surface area contributed by atoms with Crippen LogP contribution in [0, 0.1) is 0 Å². The molecule has 2 nitrogen and oxygen atoms in total. The van der Waals surface area contributed by atoms with Crippen molar-refractivity contribution in [3.8, 4) is 0 Å². The molecule has 0 aromatic heterocycles. The molecule has 0 aliphatic heterocycles. The Morgan fingerprint density at radius 2 is 1.83 bits per heavy atom. The van der Waals surface area contributed by atoms with Crippen molar-refractivity contribution in [3.63, 3.8) is 0 Å². The van der Waals surface area contributed by atoms with Crippen molar-refractivity contribution in [1.82, 2.24) is 0 Å². The summed E-state index contributed by atoms with van der Waals surface area (Å²) < 4.78 is 12.2. The van der Waals surface area contributed by atoms with E-state index in [1.165, 1.54) is 18.6 Å². The van der Waals surface area contributed by atoms with E-state index in [9.17, 15) is 9.18 Å². The molecule has 0 spiro atoms. The molecule has 0 aromatic carbocycles. The van der Waals surface area contributed by atoms with Crippen molar-refractivity contribution in [1.29, 1.82) is 0 Å². The number of hydrogen-bond acceptors (Lipinski definition) is 1. The molecule has 0 saturated heterocycles. The predicted molar refractivity (Wildman–Crippen MR) is 77.8 cm³/mol. The second-order valence-electron chi connectivity index (χ2n) is 3.18. The Labute approximate surface area is 115 Å². The summed E-state index contributed by atoms with van der Waals surface area (Å²) in [6.45, 7) is 9.48. The van der Waals surface area contributed by atoms with Gasteiger partial charge in [-0.1, -0.05) is 45.9 Å². The van der Waals surface area contributed by atoms with Gasteiger partial charge in [-0.25, -0.2) is 4.39 Å². The third-order valence-corrected chi connectivity index (χ3v) is 1.45. The van der Waals surface area contributed by atoms with Crippen molar-refractivity contribution in [2.75, 3.05) is 5.88 Å². The van der Waals surface area contributed by atoms with E-state index >= 15 is 0 Å². The lowest BCUT2D eigenvalue weighted by molar-refractivity contribution is -0.136. The molecule has 1 N–H and O–H groups in total. The zero-order chi connectivity index (χ0) is 14.8. The molecular weight excluding hydrogens is 255 g/mol. The van der Waals surface area contributed by atoms with Crippen LogP contribution < -0.4 is 0 Å². The number of hydrogen-bond donors (Lipinski definition) is 1. The Bertz CT molecular complexity index is 246. The molecule has 0 bridgehead atoms. The summed E-state index contributed by atoms with van der Waals surface area (Å²) in [5.41, 5.74) is 0. The minimum atomic E-state index is -0.936. The Morgan fingerprint density at radius 1 is 1.39 bits per heavy atom. The van der Waals surface area contributed by atoms with Gasteiger partial charge in [-0.3, -0.25) is 4.79 Å². The molecule has 0 heterocycles. The second-order valence-corrected chi connectivity index (χ2v) is 3.56. The first-order valence-electron chi connectivity index (χ1n) is 5.92. The largest absolute Gasteiger partial charge is 0.481 e. The van der Waals surface area contributed by atoms with Gasteiger partial charge in [0.2, 0.25) is 0 Å². The van der Waals surface area contributed by atoms with E-state index < -0.39 is 11.8 Å². The van der Waals surface area contributed by atoms with Crippen molar-refractivity contribution >= 4 is 17.6 Å². The first kappa shape index (κ1) is 22.1. The van der Waals surface area contributed by atoms with Gasteiger partial charge in [-0.2, -0.15) is 0 Å². The summed E-state index contributed by atoms with van der Waals surface area (Å²) in [7, 11) is 0. The van der Waals surface area contributed by atoms with Crippen LogP contribution in [0.2, 0.25) is 0 Å². The van der Waals surface area contributed by atoms with E-state index in [1.807, 2.05) is 6.92 Å². The molecule has 0 aromatic rings. The molecule has 18 heavy (non-hydrogen) atoms. The molecule has 0 radical (unpaired) electrons. The molecule has 106 valence electrons.